The van der Waals surface area contributed by atoms with Crippen LogP contribution in [0.5, 0.6) is 11.5 Å². The Labute approximate surface area is 158 Å². The van der Waals surface area contributed by atoms with Crippen LogP contribution in [0, 0.1) is 6.92 Å². The summed E-state index contributed by atoms with van der Waals surface area (Å²) in [5.41, 5.74) is 0.895. The topological polar surface area (TPSA) is 86.5 Å². The Morgan fingerprint density at radius 2 is 1.75 bits per heavy atom. The van der Waals surface area contributed by atoms with Gasteiger partial charge in [0.1, 0.15) is 17.6 Å². The lowest BCUT2D eigenvalue weighted by Crippen LogP contribution is -2.07. The number of nitrogens with zero attached hydrogens (tertiary/aromatic N) is 2. The van der Waals surface area contributed by atoms with Gasteiger partial charge in [0.25, 0.3) is 0 Å². The number of aromatic hydroxyl groups is 2. The van der Waals surface area contributed by atoms with Gasteiger partial charge in [0.15, 0.2) is 0 Å². The van der Waals surface area contributed by atoms with Crippen molar-refractivity contribution in [1.82, 2.24) is 10.2 Å². The van der Waals surface area contributed by atoms with Crippen molar-refractivity contribution >= 4 is 0 Å². The molecule has 1 heterocycles. The van der Waals surface area contributed by atoms with Crippen LogP contribution < -0.4 is 0 Å². The molecule has 0 amide bonds. The van der Waals surface area contributed by atoms with E-state index in [0.29, 0.717) is 17.2 Å². The lowest BCUT2D eigenvalue weighted by molar-refractivity contribution is -0.137. The fourth-order valence-corrected chi connectivity index (χ4v) is 2.85. The van der Waals surface area contributed by atoms with Crippen LogP contribution in [0.4, 0.5) is 13.2 Å². The van der Waals surface area contributed by atoms with Gasteiger partial charge in [0.05, 0.1) is 17.0 Å². The smallest absolute Gasteiger partial charge is 0.416 e. The minimum absolute atomic E-state index is 0.0834. The number of hydrogen-bond acceptors (Lipinski definition) is 5. The minimum Gasteiger partial charge on any atom is -0.508 e. The molecule has 1 atom stereocenters. The zero-order valence-electron chi connectivity index (χ0n) is 14.8. The molecule has 0 aliphatic heterocycles. The first-order valence-corrected chi connectivity index (χ1v) is 8.36. The Balaban J connectivity index is 1.86. The third-order valence-electron chi connectivity index (χ3n) is 4.26. The van der Waals surface area contributed by atoms with E-state index in [2.05, 4.69) is 10.2 Å². The fourth-order valence-electron chi connectivity index (χ4n) is 2.85. The zero-order valence-corrected chi connectivity index (χ0v) is 14.8. The number of halogens is 3. The van der Waals surface area contributed by atoms with Gasteiger partial charge in [-0.15, -0.1) is 5.10 Å². The van der Waals surface area contributed by atoms with Crippen molar-refractivity contribution in [1.29, 1.82) is 0 Å². The maximum absolute atomic E-state index is 12.7. The van der Waals surface area contributed by atoms with E-state index in [0.717, 1.165) is 12.1 Å². The molecule has 0 saturated carbocycles. The van der Waals surface area contributed by atoms with E-state index in [4.69, 9.17) is 0 Å². The third-order valence-corrected chi connectivity index (χ3v) is 4.26. The van der Waals surface area contributed by atoms with E-state index in [1.165, 1.54) is 12.1 Å². The van der Waals surface area contributed by atoms with Gasteiger partial charge in [-0.3, -0.25) is 0 Å². The molecular weight excluding hydrogens is 373 g/mol. The largest absolute Gasteiger partial charge is 0.508 e. The van der Waals surface area contributed by atoms with E-state index in [9.17, 15) is 28.5 Å². The fraction of sp³-hybridized carbons (Fsp3) is 0.200. The van der Waals surface area contributed by atoms with Crippen molar-refractivity contribution in [3.63, 3.8) is 0 Å². The summed E-state index contributed by atoms with van der Waals surface area (Å²) in [6, 6.07) is 10.7. The van der Waals surface area contributed by atoms with E-state index in [-0.39, 0.29) is 29.1 Å². The second-order valence-corrected chi connectivity index (χ2v) is 6.42. The van der Waals surface area contributed by atoms with Crippen LogP contribution in [0.3, 0.4) is 0 Å². The lowest BCUT2D eigenvalue weighted by atomic mass is 10.0. The van der Waals surface area contributed by atoms with Crippen molar-refractivity contribution in [2.45, 2.75) is 25.6 Å². The third kappa shape index (κ3) is 4.23. The first-order valence-electron chi connectivity index (χ1n) is 8.36. The lowest BCUT2D eigenvalue weighted by Gasteiger charge is -2.14. The van der Waals surface area contributed by atoms with Crippen LogP contribution >= 0.6 is 0 Å². The average molecular weight is 390 g/mol. The predicted molar refractivity (Wildman–Crippen MR) is 95.6 cm³/mol. The number of aryl methyl sites for hydroxylation is 1. The van der Waals surface area contributed by atoms with Crippen LogP contribution in [0.25, 0.3) is 11.3 Å². The van der Waals surface area contributed by atoms with Crippen molar-refractivity contribution in [2.75, 3.05) is 0 Å². The monoisotopic (exact) mass is 390 g/mol. The predicted octanol–water partition coefficient (Wildman–Crippen LogP) is 4.16. The maximum atomic E-state index is 12.7. The van der Waals surface area contributed by atoms with Gasteiger partial charge in [-0.25, -0.2) is 0 Å². The molecule has 146 valence electrons. The van der Waals surface area contributed by atoms with Gasteiger partial charge in [-0.2, -0.15) is 18.3 Å². The molecule has 2 aromatic carbocycles. The number of aliphatic hydroxyl groups excluding tert-OH is 1. The van der Waals surface area contributed by atoms with Crippen LogP contribution in [0.1, 0.15) is 28.5 Å². The summed E-state index contributed by atoms with van der Waals surface area (Å²) in [5, 5.41) is 37.8. The second-order valence-electron chi connectivity index (χ2n) is 6.42. The van der Waals surface area contributed by atoms with E-state index < -0.39 is 23.6 Å². The van der Waals surface area contributed by atoms with Crippen LogP contribution in [-0.4, -0.2) is 25.5 Å². The molecule has 0 saturated heterocycles. The summed E-state index contributed by atoms with van der Waals surface area (Å²) in [4.78, 5) is 0. The molecule has 3 N–H and O–H groups in total. The van der Waals surface area contributed by atoms with Crippen LogP contribution in [-0.2, 0) is 12.6 Å². The quantitative estimate of drug-likeness (QED) is 0.623. The summed E-state index contributed by atoms with van der Waals surface area (Å²) >= 11 is 0. The number of phenolic OH excluding ortho intramolecular Hbond substituents is 2. The van der Waals surface area contributed by atoms with Gasteiger partial charge >= 0.3 is 6.18 Å². The molecule has 0 bridgehead atoms. The molecule has 0 aliphatic rings. The van der Waals surface area contributed by atoms with Gasteiger partial charge in [-0.1, -0.05) is 12.1 Å². The number of benzene rings is 2. The van der Waals surface area contributed by atoms with E-state index in [1.807, 2.05) is 0 Å². The number of aromatic nitrogens is 2. The Bertz CT molecular complexity index is 1010. The molecular formula is C20H17F3N2O3. The maximum Gasteiger partial charge on any atom is 0.416 e. The molecule has 0 fully saturated rings. The van der Waals surface area contributed by atoms with Crippen molar-refractivity contribution < 1.29 is 28.5 Å². The number of rotatable bonds is 4. The van der Waals surface area contributed by atoms with Crippen molar-refractivity contribution in [3.05, 3.63) is 70.9 Å². The molecule has 0 spiro atoms. The molecule has 1 aromatic heterocycles. The van der Waals surface area contributed by atoms with Gasteiger partial charge in [-0.05, 0) is 54.4 Å². The zero-order chi connectivity index (χ0) is 20.5. The summed E-state index contributed by atoms with van der Waals surface area (Å²) < 4.78 is 38.2. The Morgan fingerprint density at radius 1 is 1.00 bits per heavy atom. The van der Waals surface area contributed by atoms with Gasteiger partial charge in [0.2, 0.25) is 0 Å². The Hall–Kier alpha value is -3.13. The first-order chi connectivity index (χ1) is 13.1. The number of hydrogen-bond donors (Lipinski definition) is 3. The molecule has 1 unspecified atom stereocenters. The standard InChI is InChI=1S/C20H17F3N2O3/c1-11-7-16(18(28)9-12-3-2-4-14(26)8-12)24-25-19(11)15-6-5-13(10-17(15)27)20(21,22)23/h2-8,10,18,26-28H,9H2,1H3. The molecule has 8 heteroatoms. The number of phenols is 2. The Kier molecular flexibility index (Phi) is 5.24. The minimum atomic E-state index is -4.56. The average Bonchev–Trinajstić information content (AvgIpc) is 2.61. The molecule has 5 nitrogen and oxygen atoms in total. The molecule has 3 rings (SSSR count). The summed E-state index contributed by atoms with van der Waals surface area (Å²) in [6.45, 7) is 1.66. The second kappa shape index (κ2) is 7.47. The highest BCUT2D eigenvalue weighted by atomic mass is 19.4. The molecule has 0 aliphatic carbocycles. The normalized spacial score (nSPS) is 12.8. The molecule has 3 aromatic rings. The number of alkyl halides is 3. The summed E-state index contributed by atoms with van der Waals surface area (Å²) in [6.07, 6.45) is -5.34. The Morgan fingerprint density at radius 3 is 2.36 bits per heavy atom. The van der Waals surface area contributed by atoms with E-state index >= 15 is 0 Å². The van der Waals surface area contributed by atoms with Crippen molar-refractivity contribution in [3.8, 4) is 22.8 Å². The summed E-state index contributed by atoms with van der Waals surface area (Å²) in [7, 11) is 0. The highest BCUT2D eigenvalue weighted by molar-refractivity contribution is 5.69. The highest BCUT2D eigenvalue weighted by Gasteiger charge is 2.31. The molecule has 28 heavy (non-hydrogen) atoms. The van der Waals surface area contributed by atoms with Crippen LogP contribution in [0.15, 0.2) is 48.5 Å². The van der Waals surface area contributed by atoms with Crippen molar-refractivity contribution in [2.24, 2.45) is 0 Å². The summed E-state index contributed by atoms with van der Waals surface area (Å²) in [5.74, 6) is -0.472. The van der Waals surface area contributed by atoms with Gasteiger partial charge in [0, 0.05) is 12.0 Å². The van der Waals surface area contributed by atoms with Gasteiger partial charge < -0.3 is 15.3 Å². The van der Waals surface area contributed by atoms with Crippen LogP contribution in [0.2, 0.25) is 0 Å². The van der Waals surface area contributed by atoms with E-state index in [1.54, 1.807) is 25.1 Å². The highest BCUT2D eigenvalue weighted by Crippen LogP contribution is 2.36. The first kappa shape index (κ1) is 19.6. The SMILES string of the molecule is Cc1cc(C(O)Cc2cccc(O)c2)nnc1-c1ccc(C(F)(F)F)cc1O. The number of aliphatic hydroxyl groups is 1. The molecule has 0 radical (unpaired) electrons.